The molecule has 0 amide bonds. The van der Waals surface area contributed by atoms with Crippen molar-refractivity contribution in [1.82, 2.24) is 14.5 Å². The molecule has 0 fully saturated rings. The average molecular weight is 264 g/mol. The van der Waals surface area contributed by atoms with E-state index in [9.17, 15) is 4.79 Å². The molecule has 0 aliphatic carbocycles. The molecule has 7 heteroatoms. The van der Waals surface area contributed by atoms with E-state index >= 15 is 0 Å². The number of nitrogen functional groups attached to an aromatic ring is 1. The van der Waals surface area contributed by atoms with E-state index in [1.54, 1.807) is 16.1 Å². The highest BCUT2D eigenvalue weighted by molar-refractivity contribution is 7.16. The van der Waals surface area contributed by atoms with Gasteiger partial charge in [0, 0.05) is 11.6 Å². The summed E-state index contributed by atoms with van der Waals surface area (Å²) in [4.78, 5) is 20.9. The second-order valence-corrected chi connectivity index (χ2v) is 5.21. The van der Waals surface area contributed by atoms with Gasteiger partial charge in [0.2, 0.25) is 0 Å². The zero-order chi connectivity index (χ0) is 11.8. The molecular weight excluding hydrogens is 256 g/mol. The number of aromatic nitrogens is 3. The summed E-state index contributed by atoms with van der Waals surface area (Å²) in [5.74, 6) is 1.03. The number of nitrogens with two attached hydrogens (primary N) is 1. The third-order valence-corrected chi connectivity index (χ3v) is 3.86. The lowest BCUT2D eigenvalue weighted by molar-refractivity contribution is 0.740. The molecule has 3 heterocycles. The van der Waals surface area contributed by atoms with Crippen molar-refractivity contribution in [3.05, 3.63) is 38.5 Å². The van der Waals surface area contributed by atoms with Crippen molar-refractivity contribution < 1.29 is 0 Å². The first-order valence-corrected chi connectivity index (χ1v) is 6.63. The van der Waals surface area contributed by atoms with Crippen LogP contribution in [-0.2, 0) is 6.54 Å². The summed E-state index contributed by atoms with van der Waals surface area (Å²) < 4.78 is 1.57. The van der Waals surface area contributed by atoms with Crippen molar-refractivity contribution >= 4 is 38.7 Å². The van der Waals surface area contributed by atoms with Gasteiger partial charge in [-0.2, -0.15) is 0 Å². The van der Waals surface area contributed by atoms with Gasteiger partial charge >= 0.3 is 4.87 Å². The molecule has 0 saturated heterocycles. The van der Waals surface area contributed by atoms with Gasteiger partial charge in [-0.1, -0.05) is 11.3 Å². The largest absolute Gasteiger partial charge is 0.383 e. The van der Waals surface area contributed by atoms with Crippen LogP contribution in [0.2, 0.25) is 0 Å². The fraction of sp³-hybridized carbons (Fsp3) is 0.100. The zero-order valence-electron chi connectivity index (χ0n) is 8.66. The monoisotopic (exact) mass is 264 g/mol. The lowest BCUT2D eigenvalue weighted by Gasteiger charge is -2.02. The maximum atomic E-state index is 11.4. The fourth-order valence-corrected chi connectivity index (χ4v) is 2.93. The summed E-state index contributed by atoms with van der Waals surface area (Å²) >= 11 is 2.67. The SMILES string of the molecule is Nc1nc(Cn2ccsc2=O)nc2sccc12. The predicted octanol–water partition coefficient (Wildman–Crippen LogP) is 1.54. The molecule has 0 atom stereocenters. The maximum Gasteiger partial charge on any atom is 0.307 e. The Morgan fingerprint density at radius 3 is 2.94 bits per heavy atom. The summed E-state index contributed by atoms with van der Waals surface area (Å²) in [5.41, 5.74) is 5.84. The highest BCUT2D eigenvalue weighted by Crippen LogP contribution is 2.22. The molecule has 0 saturated carbocycles. The van der Waals surface area contributed by atoms with Gasteiger partial charge in [-0.3, -0.25) is 9.36 Å². The van der Waals surface area contributed by atoms with Crippen molar-refractivity contribution in [1.29, 1.82) is 0 Å². The van der Waals surface area contributed by atoms with Crippen LogP contribution in [0.1, 0.15) is 5.82 Å². The van der Waals surface area contributed by atoms with Crippen LogP contribution in [0.15, 0.2) is 27.8 Å². The fourth-order valence-electron chi connectivity index (χ4n) is 1.56. The van der Waals surface area contributed by atoms with Gasteiger partial charge in [-0.05, 0) is 11.4 Å². The lowest BCUT2D eigenvalue weighted by Crippen LogP contribution is -2.15. The Morgan fingerprint density at radius 1 is 1.29 bits per heavy atom. The molecule has 0 aromatic carbocycles. The smallest absolute Gasteiger partial charge is 0.307 e. The minimum Gasteiger partial charge on any atom is -0.383 e. The standard InChI is InChI=1S/C10H8N4OS2/c11-8-6-1-3-16-9(6)13-7(12-8)5-14-2-4-17-10(14)15/h1-4H,5H2,(H2,11,12,13). The summed E-state index contributed by atoms with van der Waals surface area (Å²) in [7, 11) is 0. The van der Waals surface area contributed by atoms with Crippen LogP contribution in [0.25, 0.3) is 10.2 Å². The summed E-state index contributed by atoms with van der Waals surface area (Å²) in [6, 6.07) is 1.90. The van der Waals surface area contributed by atoms with Gasteiger partial charge in [0.05, 0.1) is 11.9 Å². The topological polar surface area (TPSA) is 73.8 Å². The highest BCUT2D eigenvalue weighted by Gasteiger charge is 2.07. The average Bonchev–Trinajstić information content (AvgIpc) is 2.89. The highest BCUT2D eigenvalue weighted by atomic mass is 32.1. The van der Waals surface area contributed by atoms with E-state index in [-0.39, 0.29) is 4.87 Å². The molecule has 5 nitrogen and oxygen atoms in total. The van der Waals surface area contributed by atoms with Crippen molar-refractivity contribution in [2.24, 2.45) is 0 Å². The van der Waals surface area contributed by atoms with Gasteiger partial charge in [-0.25, -0.2) is 9.97 Å². The molecule has 0 radical (unpaired) electrons. The molecule has 0 bridgehead atoms. The number of anilines is 1. The molecule has 3 aromatic rings. The Bertz CT molecular complexity index is 727. The number of fused-ring (bicyclic) bond motifs is 1. The van der Waals surface area contributed by atoms with E-state index in [1.807, 2.05) is 11.4 Å². The van der Waals surface area contributed by atoms with Crippen molar-refractivity contribution in [3.8, 4) is 0 Å². The van der Waals surface area contributed by atoms with Gasteiger partial charge in [0.25, 0.3) is 0 Å². The first kappa shape index (κ1) is 10.4. The van der Waals surface area contributed by atoms with Crippen LogP contribution in [-0.4, -0.2) is 14.5 Å². The number of rotatable bonds is 2. The Labute approximate surface area is 104 Å². The molecule has 17 heavy (non-hydrogen) atoms. The van der Waals surface area contributed by atoms with Crippen LogP contribution < -0.4 is 10.6 Å². The van der Waals surface area contributed by atoms with Crippen LogP contribution >= 0.6 is 22.7 Å². The maximum absolute atomic E-state index is 11.4. The second-order valence-electron chi connectivity index (χ2n) is 3.46. The lowest BCUT2D eigenvalue weighted by atomic mass is 10.4. The van der Waals surface area contributed by atoms with Gasteiger partial charge in [-0.15, -0.1) is 11.3 Å². The number of thiazole rings is 1. The van der Waals surface area contributed by atoms with E-state index in [1.165, 1.54) is 11.3 Å². The zero-order valence-corrected chi connectivity index (χ0v) is 10.3. The normalized spacial score (nSPS) is 11.1. The van der Waals surface area contributed by atoms with E-state index in [4.69, 9.17) is 5.73 Å². The molecule has 3 rings (SSSR count). The molecule has 0 spiro atoms. The Kier molecular flexibility index (Phi) is 2.41. The predicted molar refractivity (Wildman–Crippen MR) is 69.5 cm³/mol. The molecule has 0 aliphatic heterocycles. The molecule has 3 aromatic heterocycles. The minimum absolute atomic E-state index is 0.0153. The molecule has 2 N–H and O–H groups in total. The summed E-state index contributed by atoms with van der Waals surface area (Å²) in [6.07, 6.45) is 1.73. The molecule has 0 aliphatic rings. The second kappa shape index (κ2) is 3.94. The Balaban J connectivity index is 2.06. The van der Waals surface area contributed by atoms with Crippen molar-refractivity contribution in [2.45, 2.75) is 6.54 Å². The van der Waals surface area contributed by atoms with E-state index in [0.717, 1.165) is 21.6 Å². The minimum atomic E-state index is -0.0153. The van der Waals surface area contributed by atoms with Gasteiger partial charge < -0.3 is 5.73 Å². The van der Waals surface area contributed by atoms with Crippen molar-refractivity contribution in [3.63, 3.8) is 0 Å². The molecule has 86 valence electrons. The number of hydrogen-bond donors (Lipinski definition) is 1. The first-order chi connectivity index (χ1) is 8.24. The molecular formula is C10H8N4OS2. The number of nitrogens with zero attached hydrogens (tertiary/aromatic N) is 3. The molecule has 0 unspecified atom stereocenters. The van der Waals surface area contributed by atoms with Gasteiger partial charge in [0.1, 0.15) is 10.6 Å². The Morgan fingerprint density at radius 2 is 2.18 bits per heavy atom. The summed E-state index contributed by atoms with van der Waals surface area (Å²) in [5, 5.41) is 4.54. The van der Waals surface area contributed by atoms with Crippen molar-refractivity contribution in [2.75, 3.05) is 5.73 Å². The van der Waals surface area contributed by atoms with E-state index < -0.39 is 0 Å². The van der Waals surface area contributed by atoms with Gasteiger partial charge in [0.15, 0.2) is 5.82 Å². The van der Waals surface area contributed by atoms with Crippen LogP contribution in [0.4, 0.5) is 5.82 Å². The van der Waals surface area contributed by atoms with Crippen LogP contribution in [0.3, 0.4) is 0 Å². The van der Waals surface area contributed by atoms with Crippen LogP contribution in [0.5, 0.6) is 0 Å². The number of hydrogen-bond acceptors (Lipinski definition) is 6. The Hall–Kier alpha value is -1.73. The first-order valence-electron chi connectivity index (χ1n) is 4.87. The number of thiophene rings is 1. The van der Waals surface area contributed by atoms with Crippen LogP contribution in [0, 0.1) is 0 Å². The summed E-state index contributed by atoms with van der Waals surface area (Å²) in [6.45, 7) is 0.361. The third-order valence-electron chi connectivity index (χ3n) is 2.36. The third kappa shape index (κ3) is 1.83. The quantitative estimate of drug-likeness (QED) is 0.762. The van der Waals surface area contributed by atoms with E-state index in [0.29, 0.717) is 18.2 Å². The van der Waals surface area contributed by atoms with E-state index in [2.05, 4.69) is 9.97 Å².